The van der Waals surface area contributed by atoms with Crippen molar-refractivity contribution in [2.24, 2.45) is 11.8 Å². The molecular formula is C28H33FN2O5. The van der Waals surface area contributed by atoms with E-state index in [2.05, 4.69) is 5.32 Å². The van der Waals surface area contributed by atoms with Crippen LogP contribution in [0.15, 0.2) is 42.5 Å². The number of nitrogens with one attached hydrogen (secondary N) is 1. The number of fused-ring (bicyclic) bond motifs is 1. The maximum atomic E-state index is 14.9. The molecular weight excluding hydrogens is 463 g/mol. The van der Waals surface area contributed by atoms with Crippen molar-refractivity contribution in [2.45, 2.75) is 44.3 Å². The monoisotopic (exact) mass is 496 g/mol. The number of hydrogen-bond acceptors (Lipinski definition) is 6. The van der Waals surface area contributed by atoms with Crippen LogP contribution >= 0.6 is 0 Å². The molecule has 2 unspecified atom stereocenters. The molecule has 2 aromatic carbocycles. The van der Waals surface area contributed by atoms with E-state index in [1.165, 1.54) is 13.2 Å². The molecule has 3 fully saturated rings. The second kappa shape index (κ2) is 10.6. The summed E-state index contributed by atoms with van der Waals surface area (Å²) in [7, 11) is 1.37. The van der Waals surface area contributed by atoms with Crippen LogP contribution in [0, 0.1) is 24.6 Å². The topological polar surface area (TPSA) is 77.1 Å². The molecule has 0 aliphatic carbocycles. The highest BCUT2D eigenvalue weighted by Crippen LogP contribution is 2.45. The lowest BCUT2D eigenvalue weighted by atomic mass is 9.76. The van der Waals surface area contributed by atoms with Gasteiger partial charge in [0.2, 0.25) is 0 Å². The zero-order valence-corrected chi connectivity index (χ0v) is 20.7. The van der Waals surface area contributed by atoms with E-state index in [1.807, 2.05) is 24.3 Å². The largest absolute Gasteiger partial charge is 0.469 e. The van der Waals surface area contributed by atoms with Crippen LogP contribution in [0.3, 0.4) is 0 Å². The van der Waals surface area contributed by atoms with Gasteiger partial charge < -0.3 is 24.4 Å². The predicted octanol–water partition coefficient (Wildman–Crippen LogP) is 4.12. The molecule has 0 bridgehead atoms. The van der Waals surface area contributed by atoms with Gasteiger partial charge in [-0.15, -0.1) is 0 Å². The average Bonchev–Trinajstić information content (AvgIpc) is 3.36. The first-order chi connectivity index (χ1) is 17.5. The number of nitrogens with zero attached hydrogens (tertiary/aromatic N) is 1. The Morgan fingerprint density at radius 1 is 1.06 bits per heavy atom. The van der Waals surface area contributed by atoms with E-state index < -0.39 is 23.7 Å². The summed E-state index contributed by atoms with van der Waals surface area (Å²) < 4.78 is 31.3. The maximum Gasteiger partial charge on any atom is 0.311 e. The van der Waals surface area contributed by atoms with Gasteiger partial charge in [0.25, 0.3) is 5.91 Å². The summed E-state index contributed by atoms with van der Waals surface area (Å²) in [6.45, 7) is 4.04. The Morgan fingerprint density at radius 3 is 2.50 bits per heavy atom. The Kier molecular flexibility index (Phi) is 7.25. The van der Waals surface area contributed by atoms with Crippen molar-refractivity contribution >= 4 is 17.6 Å². The van der Waals surface area contributed by atoms with Crippen molar-refractivity contribution in [1.29, 1.82) is 0 Å². The van der Waals surface area contributed by atoms with E-state index >= 15 is 0 Å². The molecule has 8 heteroatoms. The van der Waals surface area contributed by atoms with Crippen molar-refractivity contribution in [3.8, 4) is 0 Å². The Morgan fingerprint density at radius 2 is 1.81 bits per heavy atom. The molecule has 0 spiro atoms. The third kappa shape index (κ3) is 4.72. The molecule has 5 rings (SSSR count). The van der Waals surface area contributed by atoms with Crippen LogP contribution in [-0.4, -0.2) is 62.4 Å². The molecule has 4 atom stereocenters. The normalized spacial score (nSPS) is 26.4. The minimum atomic E-state index is -0.593. The van der Waals surface area contributed by atoms with Crippen LogP contribution in [-0.2, 0) is 19.0 Å². The van der Waals surface area contributed by atoms with Gasteiger partial charge in [-0.1, -0.05) is 24.3 Å². The number of carbonyl (C=O) groups is 2. The number of likely N-dealkylation sites (tertiary alicyclic amines) is 1. The van der Waals surface area contributed by atoms with Gasteiger partial charge in [-0.2, -0.15) is 0 Å². The zero-order valence-electron chi connectivity index (χ0n) is 20.7. The van der Waals surface area contributed by atoms with Gasteiger partial charge in [0.15, 0.2) is 0 Å². The summed E-state index contributed by atoms with van der Waals surface area (Å²) in [5.74, 6) is -1.96. The first-order valence-corrected chi connectivity index (χ1v) is 12.7. The lowest BCUT2D eigenvalue weighted by Crippen LogP contribution is -2.55. The van der Waals surface area contributed by atoms with Gasteiger partial charge in [-0.25, -0.2) is 4.39 Å². The quantitative estimate of drug-likeness (QED) is 0.628. The number of amides is 1. The Balaban J connectivity index is 1.52. The number of benzene rings is 2. The van der Waals surface area contributed by atoms with Crippen molar-refractivity contribution < 1.29 is 28.2 Å². The first-order valence-electron chi connectivity index (χ1n) is 12.7. The van der Waals surface area contributed by atoms with Gasteiger partial charge in [0.05, 0.1) is 43.9 Å². The van der Waals surface area contributed by atoms with Crippen LogP contribution in [0.5, 0.6) is 0 Å². The van der Waals surface area contributed by atoms with Crippen LogP contribution in [0.25, 0.3) is 0 Å². The molecule has 3 aliphatic rings. The highest BCUT2D eigenvalue weighted by molar-refractivity contribution is 5.97. The predicted molar refractivity (Wildman–Crippen MR) is 132 cm³/mol. The van der Waals surface area contributed by atoms with E-state index in [1.54, 1.807) is 24.0 Å². The van der Waals surface area contributed by atoms with E-state index in [-0.39, 0.29) is 23.5 Å². The van der Waals surface area contributed by atoms with E-state index in [0.29, 0.717) is 31.2 Å². The van der Waals surface area contributed by atoms with Gasteiger partial charge in [-0.05, 0) is 55.5 Å². The molecule has 192 valence electrons. The minimum Gasteiger partial charge on any atom is -0.469 e. The Bertz CT molecular complexity index is 1080. The van der Waals surface area contributed by atoms with Crippen molar-refractivity contribution in [2.75, 3.05) is 38.9 Å². The van der Waals surface area contributed by atoms with Gasteiger partial charge in [0.1, 0.15) is 5.82 Å². The third-order valence-electron chi connectivity index (χ3n) is 7.78. The molecule has 36 heavy (non-hydrogen) atoms. The number of anilines is 1. The van der Waals surface area contributed by atoms with Crippen LogP contribution in [0.1, 0.15) is 46.8 Å². The van der Waals surface area contributed by atoms with Crippen LogP contribution in [0.4, 0.5) is 10.1 Å². The Hall–Kier alpha value is -2.97. The molecule has 0 radical (unpaired) electrons. The van der Waals surface area contributed by atoms with Crippen LogP contribution in [0.2, 0.25) is 0 Å². The smallest absolute Gasteiger partial charge is 0.311 e. The highest BCUT2D eigenvalue weighted by atomic mass is 19.1. The average molecular weight is 497 g/mol. The standard InChI is InChI=1S/C28H33FN2O5/c1-17-4-3-5-23(29)25(17)27(32)31-24-16-36-15-19(24)14-22(28(33)34-2)26(31)18-6-8-20(9-7-18)30-21-10-12-35-13-11-21/h3-9,19,21-22,24,26,30H,10-16H2,1-2H3/t19?,22-,24?,26-/m0/s1. The van der Waals surface area contributed by atoms with Crippen molar-refractivity contribution in [1.82, 2.24) is 4.90 Å². The number of aryl methyl sites for hydroxylation is 1. The molecule has 1 N–H and O–H groups in total. The molecule has 3 heterocycles. The number of carbonyl (C=O) groups excluding carboxylic acids is 2. The van der Waals surface area contributed by atoms with Crippen molar-refractivity contribution in [3.05, 3.63) is 65.0 Å². The fourth-order valence-corrected chi connectivity index (χ4v) is 5.91. The number of esters is 1. The minimum absolute atomic E-state index is 0.0177. The summed E-state index contributed by atoms with van der Waals surface area (Å²) >= 11 is 0. The number of halogens is 1. The SMILES string of the molecule is COC(=O)[C@H]1CC2COCC2N(C(=O)c2c(C)cccc2F)[C@H]1c1ccc(NC2CCOCC2)cc1. The summed E-state index contributed by atoms with van der Waals surface area (Å²) in [5, 5.41) is 3.55. The fourth-order valence-electron chi connectivity index (χ4n) is 5.91. The van der Waals surface area contributed by atoms with E-state index in [9.17, 15) is 14.0 Å². The summed E-state index contributed by atoms with van der Waals surface area (Å²) in [4.78, 5) is 28.7. The van der Waals surface area contributed by atoms with E-state index in [4.69, 9.17) is 14.2 Å². The maximum absolute atomic E-state index is 14.9. The summed E-state index contributed by atoms with van der Waals surface area (Å²) in [6.07, 6.45) is 2.44. The zero-order chi connectivity index (χ0) is 25.2. The molecule has 2 aromatic rings. The number of ether oxygens (including phenoxy) is 3. The highest BCUT2D eigenvalue weighted by Gasteiger charge is 2.51. The molecule has 3 saturated heterocycles. The number of hydrogen-bond donors (Lipinski definition) is 1. The summed E-state index contributed by atoms with van der Waals surface area (Å²) in [6, 6.07) is 12.0. The van der Waals surface area contributed by atoms with Gasteiger partial charge in [-0.3, -0.25) is 9.59 Å². The lowest BCUT2D eigenvalue weighted by molar-refractivity contribution is -0.151. The fraction of sp³-hybridized carbons (Fsp3) is 0.500. The van der Waals surface area contributed by atoms with E-state index in [0.717, 1.165) is 37.3 Å². The number of methoxy groups -OCH3 is 1. The molecule has 0 aromatic heterocycles. The molecule has 3 aliphatic heterocycles. The third-order valence-corrected chi connectivity index (χ3v) is 7.78. The molecule has 0 saturated carbocycles. The number of rotatable bonds is 5. The lowest BCUT2D eigenvalue weighted by Gasteiger charge is -2.46. The molecule has 7 nitrogen and oxygen atoms in total. The second-order valence-corrected chi connectivity index (χ2v) is 9.97. The second-order valence-electron chi connectivity index (χ2n) is 9.97. The van der Waals surface area contributed by atoms with Gasteiger partial charge >= 0.3 is 5.97 Å². The van der Waals surface area contributed by atoms with Gasteiger partial charge in [0, 0.05) is 30.9 Å². The van der Waals surface area contributed by atoms with Crippen molar-refractivity contribution in [3.63, 3.8) is 0 Å². The van der Waals surface area contributed by atoms with Crippen LogP contribution < -0.4 is 5.32 Å². The molecule has 1 amide bonds. The Labute approximate surface area is 210 Å². The first kappa shape index (κ1) is 24.7. The number of piperidine rings is 1. The summed E-state index contributed by atoms with van der Waals surface area (Å²) in [5.41, 5.74) is 2.39.